The lowest BCUT2D eigenvalue weighted by atomic mass is 10.1. The second-order valence-corrected chi connectivity index (χ2v) is 7.55. The Labute approximate surface area is 185 Å². The number of hydrogen-bond acceptors (Lipinski definition) is 6. The largest absolute Gasteiger partial charge is 0.493 e. The van der Waals surface area contributed by atoms with Gasteiger partial charge in [0.2, 0.25) is 0 Å². The average Bonchev–Trinajstić information content (AvgIpc) is 3.26. The third-order valence-electron chi connectivity index (χ3n) is 4.78. The molecule has 7 heteroatoms. The highest BCUT2D eigenvalue weighted by Crippen LogP contribution is 2.35. The maximum atomic E-state index is 9.38. The Morgan fingerprint density at radius 3 is 2.39 bits per heavy atom. The van der Waals surface area contributed by atoms with Gasteiger partial charge in [-0.1, -0.05) is 48.2 Å². The normalized spacial score (nSPS) is 10.5. The van der Waals surface area contributed by atoms with E-state index in [1.807, 2.05) is 77.4 Å². The van der Waals surface area contributed by atoms with Gasteiger partial charge in [0.1, 0.15) is 0 Å². The minimum absolute atomic E-state index is 0.612. The Morgan fingerprint density at radius 1 is 0.903 bits per heavy atom. The summed E-state index contributed by atoms with van der Waals surface area (Å²) in [4.78, 5) is 0. The molecule has 4 rings (SSSR count). The van der Waals surface area contributed by atoms with Crippen LogP contribution in [0, 0.1) is 11.3 Å². The molecule has 0 N–H and O–H groups in total. The van der Waals surface area contributed by atoms with Crippen molar-refractivity contribution >= 4 is 11.8 Å². The van der Waals surface area contributed by atoms with Gasteiger partial charge in [-0.25, -0.2) is 0 Å². The average molecular weight is 429 g/mol. The van der Waals surface area contributed by atoms with Gasteiger partial charge in [-0.3, -0.25) is 4.57 Å². The third-order valence-corrected chi connectivity index (χ3v) is 5.76. The number of methoxy groups -OCH3 is 2. The smallest absolute Gasteiger partial charge is 0.196 e. The molecule has 3 aromatic carbocycles. The van der Waals surface area contributed by atoms with Crippen LogP contribution in [0.2, 0.25) is 0 Å². The van der Waals surface area contributed by atoms with Gasteiger partial charge < -0.3 is 9.47 Å². The Kier molecular flexibility index (Phi) is 6.20. The molecular formula is C24H20N4O2S. The highest BCUT2D eigenvalue weighted by atomic mass is 32.2. The SMILES string of the molecule is COc1ccc(-c2nnc(SCc3ccccc3C#N)n2-c2ccccc2)cc1OC. The molecule has 6 nitrogen and oxygen atoms in total. The van der Waals surface area contributed by atoms with E-state index in [9.17, 15) is 5.26 Å². The van der Waals surface area contributed by atoms with Gasteiger partial charge in [0.15, 0.2) is 22.5 Å². The number of nitrogens with zero attached hydrogens (tertiary/aromatic N) is 4. The van der Waals surface area contributed by atoms with E-state index in [-0.39, 0.29) is 0 Å². The zero-order valence-electron chi connectivity index (χ0n) is 17.1. The molecule has 31 heavy (non-hydrogen) atoms. The summed E-state index contributed by atoms with van der Waals surface area (Å²) in [5.74, 6) is 2.59. The van der Waals surface area contributed by atoms with Crippen LogP contribution in [-0.4, -0.2) is 29.0 Å². The second kappa shape index (κ2) is 9.37. The zero-order valence-corrected chi connectivity index (χ0v) is 18.0. The van der Waals surface area contributed by atoms with Crippen LogP contribution in [0.4, 0.5) is 0 Å². The maximum absolute atomic E-state index is 9.38. The van der Waals surface area contributed by atoms with Crippen molar-refractivity contribution in [2.45, 2.75) is 10.9 Å². The molecule has 0 saturated carbocycles. The van der Waals surface area contributed by atoms with Gasteiger partial charge in [-0.05, 0) is 42.0 Å². The first-order chi connectivity index (χ1) is 15.2. The Morgan fingerprint density at radius 2 is 1.65 bits per heavy atom. The lowest BCUT2D eigenvalue weighted by molar-refractivity contribution is 0.355. The first-order valence-corrected chi connectivity index (χ1v) is 10.6. The van der Waals surface area contributed by atoms with Crippen molar-refractivity contribution in [1.82, 2.24) is 14.8 Å². The highest BCUT2D eigenvalue weighted by Gasteiger charge is 2.18. The van der Waals surface area contributed by atoms with E-state index in [0.717, 1.165) is 22.0 Å². The van der Waals surface area contributed by atoms with Crippen LogP contribution in [0.3, 0.4) is 0 Å². The summed E-state index contributed by atoms with van der Waals surface area (Å²) in [6, 6.07) is 25.5. The molecule has 0 unspecified atom stereocenters. The van der Waals surface area contributed by atoms with E-state index in [0.29, 0.717) is 28.6 Å². The molecule has 0 spiro atoms. The minimum Gasteiger partial charge on any atom is -0.493 e. The van der Waals surface area contributed by atoms with Gasteiger partial charge in [0, 0.05) is 17.0 Å². The molecule has 0 aliphatic heterocycles. The Balaban J connectivity index is 1.76. The predicted molar refractivity (Wildman–Crippen MR) is 121 cm³/mol. The molecule has 0 fully saturated rings. The molecule has 0 aliphatic carbocycles. The molecule has 0 aliphatic rings. The standard InChI is InChI=1S/C24H20N4O2S/c1-29-21-13-12-17(14-22(21)30-2)23-26-27-24(28(23)20-10-4-3-5-11-20)31-16-19-9-7-6-8-18(19)15-25/h3-14H,16H2,1-2H3. The number of rotatable bonds is 7. The summed E-state index contributed by atoms with van der Waals surface area (Å²) in [6.07, 6.45) is 0. The van der Waals surface area contributed by atoms with Crippen molar-refractivity contribution in [2.24, 2.45) is 0 Å². The number of ether oxygens (including phenoxy) is 2. The van der Waals surface area contributed by atoms with Gasteiger partial charge >= 0.3 is 0 Å². The number of benzene rings is 3. The quantitative estimate of drug-likeness (QED) is 0.381. The molecule has 154 valence electrons. The van der Waals surface area contributed by atoms with E-state index >= 15 is 0 Å². The number of nitriles is 1. The van der Waals surface area contributed by atoms with E-state index in [2.05, 4.69) is 16.3 Å². The lowest BCUT2D eigenvalue weighted by Crippen LogP contribution is -2.00. The second-order valence-electron chi connectivity index (χ2n) is 6.60. The third kappa shape index (κ3) is 4.25. The van der Waals surface area contributed by atoms with E-state index in [4.69, 9.17) is 9.47 Å². The van der Waals surface area contributed by atoms with Crippen LogP contribution in [0.1, 0.15) is 11.1 Å². The van der Waals surface area contributed by atoms with Crippen molar-refractivity contribution in [2.75, 3.05) is 14.2 Å². The van der Waals surface area contributed by atoms with Gasteiger partial charge in [0.25, 0.3) is 0 Å². The summed E-state index contributed by atoms with van der Waals surface area (Å²) < 4.78 is 12.8. The van der Waals surface area contributed by atoms with Crippen molar-refractivity contribution in [3.05, 3.63) is 83.9 Å². The number of hydrogen-bond donors (Lipinski definition) is 0. The van der Waals surface area contributed by atoms with E-state index in [1.165, 1.54) is 11.8 Å². The number of aromatic nitrogens is 3. The molecule has 1 aromatic heterocycles. The van der Waals surface area contributed by atoms with Crippen molar-refractivity contribution in [3.8, 4) is 34.6 Å². The fourth-order valence-corrected chi connectivity index (χ4v) is 4.19. The molecule has 0 atom stereocenters. The Bertz CT molecular complexity index is 1230. The molecule has 0 bridgehead atoms. The number of para-hydroxylation sites is 1. The zero-order chi connectivity index (χ0) is 21.6. The van der Waals surface area contributed by atoms with Crippen LogP contribution in [-0.2, 0) is 5.75 Å². The van der Waals surface area contributed by atoms with Gasteiger partial charge in [-0.2, -0.15) is 5.26 Å². The van der Waals surface area contributed by atoms with Crippen LogP contribution < -0.4 is 9.47 Å². The van der Waals surface area contributed by atoms with Crippen LogP contribution in [0.5, 0.6) is 11.5 Å². The van der Waals surface area contributed by atoms with Crippen molar-refractivity contribution in [3.63, 3.8) is 0 Å². The van der Waals surface area contributed by atoms with Gasteiger partial charge in [-0.15, -0.1) is 10.2 Å². The summed E-state index contributed by atoms with van der Waals surface area (Å²) in [5.41, 5.74) is 3.44. The highest BCUT2D eigenvalue weighted by molar-refractivity contribution is 7.98. The van der Waals surface area contributed by atoms with E-state index in [1.54, 1.807) is 14.2 Å². The molecule has 0 amide bonds. The monoisotopic (exact) mass is 428 g/mol. The van der Waals surface area contributed by atoms with Crippen LogP contribution in [0.25, 0.3) is 17.1 Å². The first kappa shape index (κ1) is 20.5. The summed E-state index contributed by atoms with van der Waals surface area (Å²) in [7, 11) is 3.22. The topological polar surface area (TPSA) is 73.0 Å². The van der Waals surface area contributed by atoms with Crippen molar-refractivity contribution in [1.29, 1.82) is 5.26 Å². The molecule has 0 saturated heterocycles. The predicted octanol–water partition coefficient (Wildman–Crippen LogP) is 5.12. The Hall–Kier alpha value is -3.76. The van der Waals surface area contributed by atoms with Crippen molar-refractivity contribution < 1.29 is 9.47 Å². The fourth-order valence-electron chi connectivity index (χ4n) is 3.23. The van der Waals surface area contributed by atoms with Crippen LogP contribution in [0.15, 0.2) is 78.0 Å². The fraction of sp³-hybridized carbons (Fsp3) is 0.125. The van der Waals surface area contributed by atoms with E-state index < -0.39 is 0 Å². The molecular weight excluding hydrogens is 408 g/mol. The molecule has 0 radical (unpaired) electrons. The first-order valence-electron chi connectivity index (χ1n) is 9.59. The summed E-state index contributed by atoms with van der Waals surface area (Å²) in [5, 5.41) is 19.1. The lowest BCUT2D eigenvalue weighted by Gasteiger charge is -2.12. The minimum atomic E-state index is 0.612. The molecule has 1 heterocycles. The van der Waals surface area contributed by atoms with Gasteiger partial charge in [0.05, 0.1) is 25.9 Å². The summed E-state index contributed by atoms with van der Waals surface area (Å²) in [6.45, 7) is 0. The number of thioether (sulfide) groups is 1. The van der Waals surface area contributed by atoms with Crippen LogP contribution >= 0.6 is 11.8 Å². The summed E-state index contributed by atoms with van der Waals surface area (Å²) >= 11 is 1.54. The molecule has 4 aromatic rings. The maximum Gasteiger partial charge on any atom is 0.196 e.